The molecular formula is C12H20ClN3O2. The molecule has 1 fully saturated rings. The van der Waals surface area contributed by atoms with Crippen molar-refractivity contribution in [2.24, 2.45) is 7.05 Å². The lowest BCUT2D eigenvalue weighted by Crippen LogP contribution is -2.45. The van der Waals surface area contributed by atoms with Gasteiger partial charge in [0.1, 0.15) is 5.15 Å². The van der Waals surface area contributed by atoms with Crippen molar-refractivity contribution >= 4 is 11.6 Å². The summed E-state index contributed by atoms with van der Waals surface area (Å²) in [5.74, 6) is 0. The molecule has 0 bridgehead atoms. The van der Waals surface area contributed by atoms with Crippen LogP contribution in [0.1, 0.15) is 18.2 Å². The SMILES string of the molecule is Cc1nn(C)c(Cl)c1COCC1CNCC(C)O1. The minimum Gasteiger partial charge on any atom is -0.374 e. The highest BCUT2D eigenvalue weighted by Crippen LogP contribution is 2.19. The maximum atomic E-state index is 6.14. The smallest absolute Gasteiger partial charge is 0.132 e. The summed E-state index contributed by atoms with van der Waals surface area (Å²) in [4.78, 5) is 0. The van der Waals surface area contributed by atoms with Crippen molar-refractivity contribution in [1.82, 2.24) is 15.1 Å². The highest BCUT2D eigenvalue weighted by atomic mass is 35.5. The summed E-state index contributed by atoms with van der Waals surface area (Å²) in [6, 6.07) is 0. The number of hydrogen-bond acceptors (Lipinski definition) is 4. The van der Waals surface area contributed by atoms with E-state index in [0.29, 0.717) is 18.4 Å². The summed E-state index contributed by atoms with van der Waals surface area (Å²) in [6.45, 7) is 6.79. The van der Waals surface area contributed by atoms with Gasteiger partial charge in [-0.3, -0.25) is 4.68 Å². The molecule has 2 heterocycles. The van der Waals surface area contributed by atoms with E-state index in [0.717, 1.165) is 24.3 Å². The number of nitrogens with one attached hydrogen (secondary N) is 1. The first-order valence-electron chi connectivity index (χ1n) is 6.19. The van der Waals surface area contributed by atoms with Crippen LogP contribution in [0.3, 0.4) is 0 Å². The Morgan fingerprint density at radius 1 is 1.56 bits per heavy atom. The van der Waals surface area contributed by atoms with Crippen LogP contribution >= 0.6 is 11.6 Å². The first-order valence-corrected chi connectivity index (χ1v) is 6.57. The van der Waals surface area contributed by atoms with Crippen molar-refractivity contribution in [1.29, 1.82) is 0 Å². The van der Waals surface area contributed by atoms with Crippen molar-refractivity contribution < 1.29 is 9.47 Å². The number of rotatable bonds is 4. The molecule has 0 radical (unpaired) electrons. The number of morpholine rings is 1. The summed E-state index contributed by atoms with van der Waals surface area (Å²) in [5.41, 5.74) is 1.87. The van der Waals surface area contributed by atoms with Gasteiger partial charge in [0.25, 0.3) is 0 Å². The van der Waals surface area contributed by atoms with Crippen molar-refractivity contribution in [2.75, 3.05) is 19.7 Å². The molecule has 0 saturated carbocycles. The minimum atomic E-state index is 0.115. The second kappa shape index (κ2) is 6.02. The molecule has 2 rings (SSSR count). The van der Waals surface area contributed by atoms with Crippen LogP contribution in [0.5, 0.6) is 0 Å². The highest BCUT2D eigenvalue weighted by molar-refractivity contribution is 6.30. The van der Waals surface area contributed by atoms with Gasteiger partial charge in [-0.25, -0.2) is 0 Å². The molecular weight excluding hydrogens is 254 g/mol. The number of halogens is 1. The normalized spacial score (nSPS) is 24.4. The Kier molecular flexibility index (Phi) is 4.61. The molecule has 0 aliphatic carbocycles. The van der Waals surface area contributed by atoms with Crippen LogP contribution in [0.25, 0.3) is 0 Å². The Labute approximate surface area is 112 Å². The molecule has 5 nitrogen and oxygen atoms in total. The van der Waals surface area contributed by atoms with E-state index in [1.807, 2.05) is 14.0 Å². The zero-order chi connectivity index (χ0) is 13.1. The topological polar surface area (TPSA) is 48.3 Å². The predicted octanol–water partition coefficient (Wildman–Crippen LogP) is 1.28. The van der Waals surface area contributed by atoms with Gasteiger partial charge >= 0.3 is 0 Å². The Balaban J connectivity index is 1.81. The zero-order valence-corrected chi connectivity index (χ0v) is 11.8. The van der Waals surface area contributed by atoms with Gasteiger partial charge in [-0.05, 0) is 13.8 Å². The molecule has 1 aliphatic rings. The molecule has 6 heteroatoms. The van der Waals surface area contributed by atoms with Crippen molar-refractivity contribution in [3.05, 3.63) is 16.4 Å². The molecule has 1 saturated heterocycles. The number of ether oxygens (including phenoxy) is 2. The number of aryl methyl sites for hydroxylation is 2. The second-order valence-electron chi connectivity index (χ2n) is 4.72. The summed E-state index contributed by atoms with van der Waals surface area (Å²) >= 11 is 6.14. The van der Waals surface area contributed by atoms with Gasteiger partial charge in [0.05, 0.1) is 31.1 Å². The van der Waals surface area contributed by atoms with Crippen LogP contribution in [0.15, 0.2) is 0 Å². The molecule has 0 aromatic carbocycles. The van der Waals surface area contributed by atoms with Crippen LogP contribution in [0, 0.1) is 6.92 Å². The Hall–Kier alpha value is -0.620. The van der Waals surface area contributed by atoms with Gasteiger partial charge in [0, 0.05) is 25.7 Å². The van der Waals surface area contributed by atoms with E-state index in [1.54, 1.807) is 4.68 Å². The zero-order valence-electron chi connectivity index (χ0n) is 11.1. The van der Waals surface area contributed by atoms with Crippen LogP contribution in [-0.2, 0) is 23.1 Å². The monoisotopic (exact) mass is 273 g/mol. The van der Waals surface area contributed by atoms with E-state index in [4.69, 9.17) is 21.1 Å². The average molecular weight is 274 g/mol. The number of nitrogens with zero attached hydrogens (tertiary/aromatic N) is 2. The number of hydrogen-bond donors (Lipinski definition) is 1. The van der Waals surface area contributed by atoms with Gasteiger partial charge in [-0.1, -0.05) is 11.6 Å². The van der Waals surface area contributed by atoms with Gasteiger partial charge in [0.15, 0.2) is 0 Å². The van der Waals surface area contributed by atoms with Gasteiger partial charge in [-0.2, -0.15) is 5.10 Å². The first kappa shape index (κ1) is 13.8. The van der Waals surface area contributed by atoms with E-state index >= 15 is 0 Å². The quantitative estimate of drug-likeness (QED) is 0.898. The van der Waals surface area contributed by atoms with E-state index in [9.17, 15) is 0 Å². The van der Waals surface area contributed by atoms with E-state index in [1.165, 1.54) is 0 Å². The largest absolute Gasteiger partial charge is 0.374 e. The average Bonchev–Trinajstić information content (AvgIpc) is 2.56. The summed E-state index contributed by atoms with van der Waals surface area (Å²) in [5, 5.41) is 8.20. The maximum Gasteiger partial charge on any atom is 0.132 e. The molecule has 0 amide bonds. The van der Waals surface area contributed by atoms with Gasteiger partial charge < -0.3 is 14.8 Å². The molecule has 1 aliphatic heterocycles. The molecule has 2 atom stereocenters. The van der Waals surface area contributed by atoms with E-state index in [2.05, 4.69) is 17.3 Å². The lowest BCUT2D eigenvalue weighted by atomic mass is 10.2. The predicted molar refractivity (Wildman–Crippen MR) is 69.8 cm³/mol. The molecule has 0 spiro atoms. The maximum absolute atomic E-state index is 6.14. The number of aromatic nitrogens is 2. The van der Waals surface area contributed by atoms with E-state index < -0.39 is 0 Å². The van der Waals surface area contributed by atoms with Crippen molar-refractivity contribution in [3.8, 4) is 0 Å². The summed E-state index contributed by atoms with van der Waals surface area (Å²) in [6.07, 6.45) is 0.362. The molecule has 1 aromatic heterocycles. The Morgan fingerprint density at radius 3 is 2.94 bits per heavy atom. The van der Waals surface area contributed by atoms with E-state index in [-0.39, 0.29) is 12.2 Å². The molecule has 1 N–H and O–H groups in total. The third-order valence-corrected chi connectivity index (χ3v) is 3.52. The first-order chi connectivity index (χ1) is 8.58. The second-order valence-corrected chi connectivity index (χ2v) is 5.08. The van der Waals surface area contributed by atoms with Crippen LogP contribution in [0.4, 0.5) is 0 Å². The third kappa shape index (κ3) is 3.23. The van der Waals surface area contributed by atoms with Crippen LogP contribution < -0.4 is 5.32 Å². The summed E-state index contributed by atoms with van der Waals surface area (Å²) < 4.78 is 13.1. The Morgan fingerprint density at radius 2 is 2.33 bits per heavy atom. The van der Waals surface area contributed by atoms with Gasteiger partial charge in [0.2, 0.25) is 0 Å². The van der Waals surface area contributed by atoms with Crippen LogP contribution in [0.2, 0.25) is 5.15 Å². The lowest BCUT2D eigenvalue weighted by Gasteiger charge is -2.28. The molecule has 18 heavy (non-hydrogen) atoms. The minimum absolute atomic E-state index is 0.115. The van der Waals surface area contributed by atoms with Gasteiger partial charge in [-0.15, -0.1) is 0 Å². The Bertz CT molecular complexity index is 408. The fourth-order valence-corrected chi connectivity index (χ4v) is 2.33. The fourth-order valence-electron chi connectivity index (χ4n) is 2.10. The molecule has 2 unspecified atom stereocenters. The lowest BCUT2D eigenvalue weighted by molar-refractivity contribution is -0.0716. The van der Waals surface area contributed by atoms with Crippen molar-refractivity contribution in [2.45, 2.75) is 32.7 Å². The standard InChI is InChI=1S/C12H20ClN3O2/c1-8-4-14-5-10(18-8)6-17-7-11-9(2)15-16(3)12(11)13/h8,10,14H,4-7H2,1-3H3. The molecule has 1 aromatic rings. The summed E-state index contributed by atoms with van der Waals surface area (Å²) in [7, 11) is 1.83. The molecule has 102 valence electrons. The highest BCUT2D eigenvalue weighted by Gasteiger charge is 2.19. The van der Waals surface area contributed by atoms with Crippen molar-refractivity contribution in [3.63, 3.8) is 0 Å². The fraction of sp³-hybridized carbons (Fsp3) is 0.750. The third-order valence-electron chi connectivity index (χ3n) is 3.05. The van der Waals surface area contributed by atoms with Crippen LogP contribution in [-0.4, -0.2) is 41.7 Å².